The molecule has 1 fully saturated rings. The maximum Gasteiger partial charge on any atom is 0.119 e. The molecule has 3 aromatic carbocycles. The van der Waals surface area contributed by atoms with E-state index in [1.165, 1.54) is 22.3 Å². The zero-order valence-corrected chi connectivity index (χ0v) is 23.2. The van der Waals surface area contributed by atoms with Gasteiger partial charge in [0.15, 0.2) is 0 Å². The average Bonchev–Trinajstić information content (AvgIpc) is 2.85. The fourth-order valence-corrected chi connectivity index (χ4v) is 5.02. The number of nitrogens with zero attached hydrogens (tertiary/aromatic N) is 2. The number of aryl methyl sites for hydroxylation is 1. The molecule has 3 aromatic rings. The van der Waals surface area contributed by atoms with Crippen molar-refractivity contribution in [3.63, 3.8) is 0 Å². The number of piperazine rings is 1. The topological polar surface area (TPSA) is 35.9 Å². The van der Waals surface area contributed by atoms with Crippen LogP contribution in [0.2, 0.25) is 0 Å². The lowest BCUT2D eigenvalue weighted by Crippen LogP contribution is -2.50. The number of ether oxygens (including phenoxy) is 1. The van der Waals surface area contributed by atoms with Crippen molar-refractivity contribution >= 4 is 24.8 Å². The van der Waals surface area contributed by atoms with Gasteiger partial charge in [-0.3, -0.25) is 9.80 Å². The summed E-state index contributed by atoms with van der Waals surface area (Å²) in [5, 5.41) is 10.6. The first-order valence-electron chi connectivity index (χ1n) is 12.5. The summed E-state index contributed by atoms with van der Waals surface area (Å²) in [6.45, 7) is 11.3. The summed E-state index contributed by atoms with van der Waals surface area (Å²) >= 11 is 0. The summed E-state index contributed by atoms with van der Waals surface area (Å²) in [6.07, 6.45) is -0.504. The molecular formula is C30H40Cl2N2O2. The molecule has 0 radical (unpaired) electrons. The van der Waals surface area contributed by atoms with Crippen molar-refractivity contribution in [2.75, 3.05) is 39.3 Å². The van der Waals surface area contributed by atoms with E-state index in [4.69, 9.17) is 4.74 Å². The molecule has 1 N–H and O–H groups in total. The quantitative estimate of drug-likeness (QED) is 0.362. The van der Waals surface area contributed by atoms with Crippen molar-refractivity contribution in [1.29, 1.82) is 0 Å². The summed E-state index contributed by atoms with van der Waals surface area (Å²) in [7, 11) is 0. The molecule has 0 bridgehead atoms. The number of halogens is 2. The third-order valence-corrected chi connectivity index (χ3v) is 6.78. The number of hydrogen-bond donors (Lipinski definition) is 1. The van der Waals surface area contributed by atoms with Crippen LogP contribution in [-0.2, 0) is 0 Å². The number of hydrogen-bond acceptors (Lipinski definition) is 4. The number of aliphatic hydroxyl groups is 1. The van der Waals surface area contributed by atoms with E-state index in [-0.39, 0.29) is 30.9 Å². The van der Waals surface area contributed by atoms with Gasteiger partial charge in [-0.05, 0) is 47.2 Å². The van der Waals surface area contributed by atoms with Crippen LogP contribution in [0.15, 0.2) is 78.9 Å². The zero-order valence-electron chi connectivity index (χ0n) is 21.5. The highest BCUT2D eigenvalue weighted by Crippen LogP contribution is 2.29. The van der Waals surface area contributed by atoms with Gasteiger partial charge in [0.05, 0.1) is 6.04 Å². The summed E-state index contributed by atoms with van der Waals surface area (Å²) in [6, 6.07) is 28.0. The van der Waals surface area contributed by atoms with Crippen molar-refractivity contribution in [2.45, 2.75) is 38.8 Å². The Bertz CT molecular complexity index is 986. The van der Waals surface area contributed by atoms with E-state index >= 15 is 0 Å². The van der Waals surface area contributed by atoms with Gasteiger partial charge in [-0.15, -0.1) is 24.8 Å². The largest absolute Gasteiger partial charge is 0.491 e. The second kappa shape index (κ2) is 14.6. The molecule has 36 heavy (non-hydrogen) atoms. The van der Waals surface area contributed by atoms with Crippen molar-refractivity contribution in [3.05, 3.63) is 101 Å². The lowest BCUT2D eigenvalue weighted by Gasteiger charge is -2.40. The Morgan fingerprint density at radius 1 is 0.806 bits per heavy atom. The van der Waals surface area contributed by atoms with Crippen molar-refractivity contribution in [1.82, 2.24) is 9.80 Å². The summed E-state index contributed by atoms with van der Waals surface area (Å²) in [4.78, 5) is 4.91. The molecule has 4 rings (SSSR count). The Morgan fingerprint density at radius 2 is 1.36 bits per heavy atom. The molecular weight excluding hydrogens is 491 g/mol. The van der Waals surface area contributed by atoms with Crippen LogP contribution in [0.1, 0.15) is 48.1 Å². The molecule has 4 nitrogen and oxygen atoms in total. The van der Waals surface area contributed by atoms with E-state index in [2.05, 4.69) is 103 Å². The molecule has 0 amide bonds. The Hall–Kier alpha value is -2.08. The summed E-state index contributed by atoms with van der Waals surface area (Å²) in [5.74, 6) is 1.33. The Morgan fingerprint density at radius 3 is 1.86 bits per heavy atom. The minimum absolute atomic E-state index is 0. The van der Waals surface area contributed by atoms with Crippen LogP contribution in [0.3, 0.4) is 0 Å². The third kappa shape index (κ3) is 7.96. The van der Waals surface area contributed by atoms with E-state index in [1.807, 2.05) is 6.07 Å². The number of benzene rings is 3. The molecule has 0 spiro atoms. The highest BCUT2D eigenvalue weighted by atomic mass is 35.5. The molecule has 196 valence electrons. The van der Waals surface area contributed by atoms with Gasteiger partial charge in [-0.2, -0.15) is 0 Å². The lowest BCUT2D eigenvalue weighted by molar-refractivity contribution is 0.0400. The summed E-state index contributed by atoms with van der Waals surface area (Å²) in [5.41, 5.74) is 5.24. The summed E-state index contributed by atoms with van der Waals surface area (Å²) < 4.78 is 5.91. The number of rotatable bonds is 9. The van der Waals surface area contributed by atoms with Gasteiger partial charge in [-0.25, -0.2) is 0 Å². The highest BCUT2D eigenvalue weighted by Gasteiger charge is 2.27. The van der Waals surface area contributed by atoms with Crippen LogP contribution in [0.5, 0.6) is 5.75 Å². The maximum atomic E-state index is 10.6. The number of aliphatic hydroxyl groups excluding tert-OH is 1. The van der Waals surface area contributed by atoms with Crippen LogP contribution in [0.4, 0.5) is 0 Å². The van der Waals surface area contributed by atoms with Gasteiger partial charge in [0, 0.05) is 32.7 Å². The van der Waals surface area contributed by atoms with E-state index in [9.17, 15) is 5.11 Å². The molecule has 1 aliphatic rings. The number of β-amino-alcohol motifs (C(OH)–C–C–N with tert-alkyl or cyclic N) is 1. The molecule has 0 aliphatic carbocycles. The lowest BCUT2D eigenvalue weighted by atomic mass is 9.96. The second-order valence-electron chi connectivity index (χ2n) is 9.70. The highest BCUT2D eigenvalue weighted by molar-refractivity contribution is 5.85. The zero-order chi connectivity index (χ0) is 23.9. The van der Waals surface area contributed by atoms with Gasteiger partial charge in [0.25, 0.3) is 0 Å². The van der Waals surface area contributed by atoms with Crippen LogP contribution in [0.25, 0.3) is 0 Å². The van der Waals surface area contributed by atoms with Crippen LogP contribution in [-0.4, -0.2) is 60.3 Å². The van der Waals surface area contributed by atoms with E-state index in [1.54, 1.807) is 0 Å². The fourth-order valence-electron chi connectivity index (χ4n) is 5.02. The smallest absolute Gasteiger partial charge is 0.119 e. The Kier molecular flexibility index (Phi) is 12.2. The molecule has 1 heterocycles. The third-order valence-electron chi connectivity index (χ3n) is 6.78. The standard InChI is InChI=1S/C30H38N2O2.2ClH/c1-23(2)29-15-14-28(20-24(29)3)34-22-27(33)21-31-16-18-32(19-17-31)30(25-10-6-4-7-11-25)26-12-8-5-9-13-26;;/h4-15,20,23,27,30,33H,16-19,21-22H2,1-3H3;2*1H. The van der Waals surface area contributed by atoms with Gasteiger partial charge >= 0.3 is 0 Å². The molecule has 1 unspecified atom stereocenters. The Labute approximate surface area is 229 Å². The van der Waals surface area contributed by atoms with Crippen LogP contribution >= 0.6 is 24.8 Å². The molecule has 1 aliphatic heterocycles. The molecule has 1 atom stereocenters. The minimum atomic E-state index is -0.504. The molecule has 0 saturated carbocycles. The SMILES string of the molecule is Cc1cc(OCC(O)CN2CCN(C(c3ccccc3)c3ccccc3)CC2)ccc1C(C)C.Cl.Cl. The predicted octanol–water partition coefficient (Wildman–Crippen LogP) is 6.11. The van der Waals surface area contributed by atoms with Gasteiger partial charge < -0.3 is 9.84 Å². The average molecular weight is 532 g/mol. The van der Waals surface area contributed by atoms with Crippen LogP contribution < -0.4 is 4.74 Å². The normalized spacial score (nSPS) is 15.3. The monoisotopic (exact) mass is 530 g/mol. The van der Waals surface area contributed by atoms with Crippen molar-refractivity contribution in [2.24, 2.45) is 0 Å². The molecule has 1 saturated heterocycles. The van der Waals surface area contributed by atoms with E-state index in [0.29, 0.717) is 19.1 Å². The molecule has 6 heteroatoms. The van der Waals surface area contributed by atoms with Gasteiger partial charge in [0.2, 0.25) is 0 Å². The van der Waals surface area contributed by atoms with Crippen molar-refractivity contribution in [3.8, 4) is 5.75 Å². The van der Waals surface area contributed by atoms with Gasteiger partial charge in [-0.1, -0.05) is 80.6 Å². The van der Waals surface area contributed by atoms with Crippen molar-refractivity contribution < 1.29 is 9.84 Å². The predicted molar refractivity (Wildman–Crippen MR) is 154 cm³/mol. The van der Waals surface area contributed by atoms with E-state index < -0.39 is 6.10 Å². The Balaban J connectivity index is 0.00000228. The minimum Gasteiger partial charge on any atom is -0.491 e. The fraction of sp³-hybridized carbons (Fsp3) is 0.400. The van der Waals surface area contributed by atoms with Gasteiger partial charge in [0.1, 0.15) is 18.5 Å². The second-order valence-corrected chi connectivity index (χ2v) is 9.70. The first-order chi connectivity index (χ1) is 16.5. The molecule has 0 aromatic heterocycles. The first kappa shape index (κ1) is 30.1. The maximum absolute atomic E-state index is 10.6. The first-order valence-corrected chi connectivity index (χ1v) is 12.5. The van der Waals surface area contributed by atoms with E-state index in [0.717, 1.165) is 31.9 Å². The van der Waals surface area contributed by atoms with Crippen LogP contribution in [0, 0.1) is 6.92 Å².